The summed E-state index contributed by atoms with van der Waals surface area (Å²) in [6, 6.07) is 40.5. The Balaban J connectivity index is 1.21. The third-order valence-corrected chi connectivity index (χ3v) is 7.35. The quantitative estimate of drug-likeness (QED) is 0.0808. The van der Waals surface area contributed by atoms with Crippen LogP contribution in [0.15, 0.2) is 145 Å². The van der Waals surface area contributed by atoms with Crippen molar-refractivity contribution in [2.45, 2.75) is 12.9 Å². The summed E-state index contributed by atoms with van der Waals surface area (Å²) in [5, 5.41) is 10.1. The van der Waals surface area contributed by atoms with Gasteiger partial charge in [-0.25, -0.2) is 10.1 Å². The summed E-state index contributed by atoms with van der Waals surface area (Å²) in [5.74, 6) is 0.864. The molecule has 10 heteroatoms. The average Bonchev–Trinajstić information content (AvgIpc) is 3.54. The number of carbonyl (C=O) groups excluding carboxylic acids is 1. The Morgan fingerprint density at radius 3 is 1.89 bits per heavy atom. The van der Waals surface area contributed by atoms with E-state index in [4.69, 9.17) is 42.5 Å². The smallest absolute Gasteiger partial charge is 0.323 e. The van der Waals surface area contributed by atoms with E-state index in [-0.39, 0.29) is 0 Å². The number of halogens is 2. The van der Waals surface area contributed by atoms with Gasteiger partial charge in [-0.05, 0) is 90.5 Å². The first-order valence-electron chi connectivity index (χ1n) is 14.6. The van der Waals surface area contributed by atoms with E-state index in [0.29, 0.717) is 39.4 Å². The van der Waals surface area contributed by atoms with Gasteiger partial charge in [0.25, 0.3) is 0 Å². The summed E-state index contributed by atoms with van der Waals surface area (Å²) in [5.41, 5.74) is 6.65. The monoisotopic (exact) mass is 662 g/mol. The molecule has 0 fully saturated rings. The van der Waals surface area contributed by atoms with Gasteiger partial charge in [0, 0.05) is 27.4 Å². The van der Waals surface area contributed by atoms with Crippen molar-refractivity contribution in [2.24, 2.45) is 5.10 Å². The molecular weight excluding hydrogens is 635 g/mol. The van der Waals surface area contributed by atoms with Crippen LogP contribution in [0, 0.1) is 0 Å². The molecule has 234 valence electrons. The molecule has 6 rings (SSSR count). The largest absolute Gasteiger partial charge is 0.489 e. The Morgan fingerprint density at radius 2 is 1.30 bits per heavy atom. The lowest BCUT2D eigenvalue weighted by Crippen LogP contribution is -2.40. The molecule has 1 amide bonds. The van der Waals surface area contributed by atoms with Crippen LogP contribution >= 0.6 is 23.2 Å². The minimum Gasteiger partial charge on any atom is -0.489 e. The van der Waals surface area contributed by atoms with Crippen LogP contribution in [0.2, 0.25) is 10.0 Å². The zero-order valence-electron chi connectivity index (χ0n) is 24.9. The molecule has 8 nitrogen and oxygen atoms in total. The molecule has 0 atom stereocenters. The summed E-state index contributed by atoms with van der Waals surface area (Å²) in [6.45, 7) is 0.463. The predicted octanol–water partition coefficient (Wildman–Crippen LogP) is 8.36. The molecule has 0 unspecified atom stereocenters. The molecule has 47 heavy (non-hydrogen) atoms. The summed E-state index contributed by atoms with van der Waals surface area (Å²) in [6.07, 6.45) is 2.00. The molecule has 1 heterocycles. The number of nitrogens with zero attached hydrogens (tertiary/aromatic N) is 3. The number of hydrogen-bond acceptors (Lipinski definition) is 6. The van der Waals surface area contributed by atoms with Crippen molar-refractivity contribution < 1.29 is 19.0 Å². The Kier molecular flexibility index (Phi) is 10.1. The second kappa shape index (κ2) is 15.1. The Hall–Kier alpha value is -5.57. The lowest BCUT2D eigenvalue weighted by Gasteiger charge is -2.19. The Bertz CT molecular complexity index is 1880. The van der Waals surface area contributed by atoms with Gasteiger partial charge in [-0.15, -0.1) is 0 Å². The van der Waals surface area contributed by atoms with Crippen molar-refractivity contribution >= 4 is 35.3 Å². The van der Waals surface area contributed by atoms with Gasteiger partial charge in [0.2, 0.25) is 0 Å². The first-order valence-corrected chi connectivity index (χ1v) is 15.4. The SMILES string of the molecule is O=C(N/N=C\c1cn(-c2ccccc2)nc1-c1ccc(OCc2ccccc2)cc1)C(Oc1ccc(Cl)cc1)Oc1ccc(Cl)cc1. The van der Waals surface area contributed by atoms with Crippen molar-refractivity contribution in [2.75, 3.05) is 0 Å². The molecule has 0 radical (unpaired) electrons. The first kappa shape index (κ1) is 31.4. The Morgan fingerprint density at radius 1 is 0.745 bits per heavy atom. The second-order valence-electron chi connectivity index (χ2n) is 10.2. The fourth-order valence-corrected chi connectivity index (χ4v) is 4.74. The van der Waals surface area contributed by atoms with Gasteiger partial charge < -0.3 is 14.2 Å². The van der Waals surface area contributed by atoms with E-state index in [1.165, 1.54) is 6.21 Å². The highest BCUT2D eigenvalue weighted by Gasteiger charge is 2.23. The van der Waals surface area contributed by atoms with Crippen LogP contribution in [0.5, 0.6) is 17.2 Å². The molecule has 6 aromatic rings. The highest BCUT2D eigenvalue weighted by molar-refractivity contribution is 6.30. The van der Waals surface area contributed by atoms with Crippen LogP contribution in [0.25, 0.3) is 16.9 Å². The number of carbonyl (C=O) groups is 1. The molecule has 0 aliphatic rings. The van der Waals surface area contributed by atoms with E-state index < -0.39 is 12.2 Å². The predicted molar refractivity (Wildman–Crippen MR) is 183 cm³/mol. The molecule has 0 aliphatic carbocycles. The summed E-state index contributed by atoms with van der Waals surface area (Å²) < 4.78 is 19.4. The van der Waals surface area contributed by atoms with Crippen LogP contribution in [0.3, 0.4) is 0 Å². The lowest BCUT2D eigenvalue weighted by molar-refractivity contribution is -0.140. The van der Waals surface area contributed by atoms with Crippen LogP contribution in [0.1, 0.15) is 11.1 Å². The standard InChI is InChI=1S/C37H28Cl2N4O4/c38-29-13-19-33(20-14-29)46-37(47-34-21-15-30(39)16-22-34)36(44)41-40-23-28-24-43(31-9-5-2-6-10-31)42-35(28)27-11-17-32(18-12-27)45-25-26-7-3-1-4-8-26/h1-24,37H,25H2,(H,41,44)/b40-23-. The second-order valence-corrected chi connectivity index (χ2v) is 11.1. The van der Waals surface area contributed by atoms with Gasteiger partial charge in [-0.2, -0.15) is 10.2 Å². The first-order chi connectivity index (χ1) is 23.0. The van der Waals surface area contributed by atoms with Gasteiger partial charge in [0.1, 0.15) is 29.5 Å². The van der Waals surface area contributed by atoms with Crippen molar-refractivity contribution in [3.05, 3.63) is 161 Å². The summed E-state index contributed by atoms with van der Waals surface area (Å²) in [7, 11) is 0. The Labute approximate surface area is 281 Å². The van der Waals surface area contributed by atoms with Crippen LogP contribution in [-0.4, -0.2) is 28.2 Å². The van der Waals surface area contributed by atoms with E-state index >= 15 is 0 Å². The number of ether oxygens (including phenoxy) is 3. The maximum Gasteiger partial charge on any atom is 0.323 e. The minimum absolute atomic E-state index is 0.384. The number of amides is 1. The van der Waals surface area contributed by atoms with E-state index in [2.05, 4.69) is 10.5 Å². The molecule has 0 saturated carbocycles. The van der Waals surface area contributed by atoms with E-state index in [1.807, 2.05) is 91.1 Å². The summed E-state index contributed by atoms with van der Waals surface area (Å²) in [4.78, 5) is 13.3. The van der Waals surface area contributed by atoms with Crippen molar-refractivity contribution in [1.82, 2.24) is 15.2 Å². The van der Waals surface area contributed by atoms with Gasteiger partial charge in [-0.1, -0.05) is 71.7 Å². The molecule has 0 saturated heterocycles. The van der Waals surface area contributed by atoms with Crippen LogP contribution in [-0.2, 0) is 11.4 Å². The lowest BCUT2D eigenvalue weighted by atomic mass is 10.1. The van der Waals surface area contributed by atoms with Crippen molar-refractivity contribution in [1.29, 1.82) is 0 Å². The molecule has 1 N–H and O–H groups in total. The molecule has 5 aromatic carbocycles. The fourth-order valence-electron chi connectivity index (χ4n) is 4.49. The normalized spacial score (nSPS) is 11.0. The highest BCUT2D eigenvalue weighted by atomic mass is 35.5. The van der Waals surface area contributed by atoms with E-state index in [9.17, 15) is 4.79 Å². The maximum absolute atomic E-state index is 13.3. The van der Waals surface area contributed by atoms with E-state index in [0.717, 1.165) is 22.6 Å². The van der Waals surface area contributed by atoms with E-state index in [1.54, 1.807) is 53.2 Å². The van der Waals surface area contributed by atoms with Gasteiger partial charge in [0.05, 0.1) is 11.9 Å². The highest BCUT2D eigenvalue weighted by Crippen LogP contribution is 2.26. The zero-order chi connectivity index (χ0) is 32.4. The number of para-hydroxylation sites is 1. The number of hydrogen-bond donors (Lipinski definition) is 1. The van der Waals surface area contributed by atoms with Gasteiger partial charge in [-0.3, -0.25) is 4.79 Å². The van der Waals surface area contributed by atoms with Gasteiger partial charge >= 0.3 is 12.2 Å². The van der Waals surface area contributed by atoms with Crippen LogP contribution in [0.4, 0.5) is 0 Å². The van der Waals surface area contributed by atoms with Crippen molar-refractivity contribution in [3.63, 3.8) is 0 Å². The number of nitrogens with one attached hydrogen (secondary N) is 1. The van der Waals surface area contributed by atoms with Gasteiger partial charge in [0.15, 0.2) is 0 Å². The number of hydrazone groups is 1. The maximum atomic E-state index is 13.3. The molecular formula is C37H28Cl2N4O4. The topological polar surface area (TPSA) is 87.0 Å². The number of benzene rings is 5. The molecule has 0 spiro atoms. The number of rotatable bonds is 12. The third kappa shape index (κ3) is 8.58. The zero-order valence-corrected chi connectivity index (χ0v) is 26.4. The number of aromatic nitrogens is 2. The molecule has 0 bridgehead atoms. The summed E-state index contributed by atoms with van der Waals surface area (Å²) >= 11 is 12.0. The average molecular weight is 664 g/mol. The fraction of sp³-hybridized carbons (Fsp3) is 0.0541. The van der Waals surface area contributed by atoms with Crippen LogP contribution < -0.4 is 19.6 Å². The molecule has 0 aliphatic heterocycles. The molecule has 1 aromatic heterocycles. The van der Waals surface area contributed by atoms with Crippen molar-refractivity contribution in [3.8, 4) is 34.2 Å². The third-order valence-electron chi connectivity index (χ3n) is 6.85. The minimum atomic E-state index is -1.37.